The molecular weight excluding hydrogens is 276 g/mol. The number of hydrogen-bond acceptors (Lipinski definition) is 4. The lowest BCUT2D eigenvalue weighted by Gasteiger charge is -2.30. The molecule has 2 rings (SSSR count). The molecule has 1 saturated heterocycles. The molecule has 0 bridgehead atoms. The van der Waals surface area contributed by atoms with Gasteiger partial charge in [0.25, 0.3) is 5.91 Å². The van der Waals surface area contributed by atoms with Crippen LogP contribution in [0, 0.1) is 0 Å². The molecule has 0 aromatic carbocycles. The first kappa shape index (κ1) is 15.1. The summed E-state index contributed by atoms with van der Waals surface area (Å²) >= 11 is 5.88. The number of anilines is 1. The molecule has 0 saturated carbocycles. The van der Waals surface area contributed by atoms with E-state index in [1.165, 1.54) is 6.20 Å². The lowest BCUT2D eigenvalue weighted by Crippen LogP contribution is -2.43. The van der Waals surface area contributed by atoms with Crippen molar-refractivity contribution in [3.05, 3.63) is 23.0 Å². The standard InChI is InChI=1S/C14H21ClN4O/c1-3-10-9-18(2)5-4-6-19(10)14(20)11-7-13(15)17-8-12(11)16/h7-8,10H,3-6,9,16H2,1-2H3. The van der Waals surface area contributed by atoms with Gasteiger partial charge in [-0.15, -0.1) is 0 Å². The van der Waals surface area contributed by atoms with Crippen LogP contribution in [0.25, 0.3) is 0 Å². The van der Waals surface area contributed by atoms with Crippen molar-refractivity contribution in [2.45, 2.75) is 25.8 Å². The molecule has 1 aromatic rings. The summed E-state index contributed by atoms with van der Waals surface area (Å²) < 4.78 is 0. The summed E-state index contributed by atoms with van der Waals surface area (Å²) in [5, 5.41) is 0.294. The number of rotatable bonds is 2. The number of halogens is 1. The minimum absolute atomic E-state index is 0.0473. The Morgan fingerprint density at radius 3 is 3.00 bits per heavy atom. The number of pyridine rings is 1. The third kappa shape index (κ3) is 3.22. The first-order chi connectivity index (χ1) is 9.52. The zero-order chi connectivity index (χ0) is 14.7. The SMILES string of the molecule is CCC1CN(C)CCCN1C(=O)c1cc(Cl)ncc1N. The Bertz CT molecular complexity index is 494. The van der Waals surface area contributed by atoms with Crippen LogP contribution in [0.3, 0.4) is 0 Å². The second-order valence-electron chi connectivity index (χ2n) is 5.27. The van der Waals surface area contributed by atoms with E-state index in [0.29, 0.717) is 16.4 Å². The summed E-state index contributed by atoms with van der Waals surface area (Å²) in [6.07, 6.45) is 3.34. The average Bonchev–Trinajstić information content (AvgIpc) is 2.62. The van der Waals surface area contributed by atoms with Crippen LogP contribution in [0.2, 0.25) is 5.15 Å². The molecule has 1 aliphatic rings. The fourth-order valence-corrected chi connectivity index (χ4v) is 2.80. The molecule has 1 aliphatic heterocycles. The number of likely N-dealkylation sites (N-methyl/N-ethyl adjacent to an activating group) is 1. The molecule has 2 heterocycles. The van der Waals surface area contributed by atoms with E-state index in [9.17, 15) is 4.79 Å². The minimum Gasteiger partial charge on any atom is -0.397 e. The van der Waals surface area contributed by atoms with Crippen molar-refractivity contribution in [1.29, 1.82) is 0 Å². The van der Waals surface area contributed by atoms with Crippen LogP contribution in [0.1, 0.15) is 30.1 Å². The Kier molecular flexibility index (Phi) is 4.83. The molecule has 110 valence electrons. The van der Waals surface area contributed by atoms with Gasteiger partial charge >= 0.3 is 0 Å². The van der Waals surface area contributed by atoms with Gasteiger partial charge in [-0.3, -0.25) is 4.79 Å². The van der Waals surface area contributed by atoms with Gasteiger partial charge in [0.05, 0.1) is 17.4 Å². The van der Waals surface area contributed by atoms with Gasteiger partial charge in [0.2, 0.25) is 0 Å². The van der Waals surface area contributed by atoms with Crippen molar-refractivity contribution in [3.63, 3.8) is 0 Å². The van der Waals surface area contributed by atoms with E-state index in [1.54, 1.807) is 6.07 Å². The molecule has 1 aromatic heterocycles. The Hall–Kier alpha value is -1.33. The molecule has 1 fully saturated rings. The molecule has 1 amide bonds. The second kappa shape index (κ2) is 6.41. The third-order valence-electron chi connectivity index (χ3n) is 3.77. The highest BCUT2D eigenvalue weighted by Crippen LogP contribution is 2.21. The van der Waals surface area contributed by atoms with Crippen LogP contribution in [0.4, 0.5) is 5.69 Å². The minimum atomic E-state index is -0.0473. The molecule has 2 N–H and O–H groups in total. The van der Waals surface area contributed by atoms with E-state index in [4.69, 9.17) is 17.3 Å². The maximum absolute atomic E-state index is 12.7. The van der Waals surface area contributed by atoms with E-state index in [0.717, 1.165) is 32.5 Å². The average molecular weight is 297 g/mol. The number of carbonyl (C=O) groups is 1. The maximum Gasteiger partial charge on any atom is 0.256 e. The van der Waals surface area contributed by atoms with Crippen LogP contribution in [0.5, 0.6) is 0 Å². The fourth-order valence-electron chi connectivity index (χ4n) is 2.64. The normalized spacial score (nSPS) is 20.8. The number of nitrogens with two attached hydrogens (primary N) is 1. The Morgan fingerprint density at radius 1 is 1.55 bits per heavy atom. The smallest absolute Gasteiger partial charge is 0.256 e. The van der Waals surface area contributed by atoms with Crippen molar-refractivity contribution >= 4 is 23.2 Å². The molecule has 0 aliphatic carbocycles. The number of hydrogen-bond donors (Lipinski definition) is 1. The van der Waals surface area contributed by atoms with Crippen LogP contribution in [0.15, 0.2) is 12.3 Å². The van der Waals surface area contributed by atoms with Crippen LogP contribution in [-0.2, 0) is 0 Å². The molecule has 1 atom stereocenters. The van der Waals surface area contributed by atoms with Crippen LogP contribution < -0.4 is 5.73 Å². The molecule has 1 unspecified atom stereocenters. The number of aromatic nitrogens is 1. The van der Waals surface area contributed by atoms with Gasteiger partial charge < -0.3 is 15.5 Å². The quantitative estimate of drug-likeness (QED) is 0.846. The van der Waals surface area contributed by atoms with Crippen molar-refractivity contribution in [2.75, 3.05) is 32.4 Å². The topological polar surface area (TPSA) is 62.5 Å². The Balaban J connectivity index is 2.27. The summed E-state index contributed by atoms with van der Waals surface area (Å²) in [7, 11) is 2.09. The van der Waals surface area contributed by atoms with Crippen molar-refractivity contribution in [3.8, 4) is 0 Å². The monoisotopic (exact) mass is 296 g/mol. The molecule has 20 heavy (non-hydrogen) atoms. The predicted molar refractivity (Wildman–Crippen MR) is 80.9 cm³/mol. The summed E-state index contributed by atoms with van der Waals surface area (Å²) in [4.78, 5) is 20.8. The zero-order valence-corrected chi connectivity index (χ0v) is 12.7. The fraction of sp³-hybridized carbons (Fsp3) is 0.571. The lowest BCUT2D eigenvalue weighted by molar-refractivity contribution is 0.0676. The molecule has 0 spiro atoms. The lowest BCUT2D eigenvalue weighted by atomic mass is 10.1. The van der Waals surface area contributed by atoms with Gasteiger partial charge in [-0.05, 0) is 32.5 Å². The summed E-state index contributed by atoms with van der Waals surface area (Å²) in [5.41, 5.74) is 6.70. The van der Waals surface area contributed by atoms with Gasteiger partial charge in [-0.1, -0.05) is 18.5 Å². The van der Waals surface area contributed by atoms with Gasteiger partial charge in [0.15, 0.2) is 0 Å². The predicted octanol–water partition coefficient (Wildman–Crippen LogP) is 1.87. The van der Waals surface area contributed by atoms with Gasteiger partial charge in [0, 0.05) is 19.1 Å². The maximum atomic E-state index is 12.7. The highest BCUT2D eigenvalue weighted by molar-refractivity contribution is 6.29. The zero-order valence-electron chi connectivity index (χ0n) is 12.0. The van der Waals surface area contributed by atoms with Gasteiger partial charge in [-0.25, -0.2) is 4.98 Å². The molecular formula is C14H21ClN4O. The molecule has 5 nitrogen and oxygen atoms in total. The van der Waals surface area contributed by atoms with E-state index >= 15 is 0 Å². The van der Waals surface area contributed by atoms with Crippen molar-refractivity contribution in [2.24, 2.45) is 0 Å². The number of nitrogens with zero attached hydrogens (tertiary/aromatic N) is 3. The van der Waals surface area contributed by atoms with Gasteiger partial charge in [-0.2, -0.15) is 0 Å². The van der Waals surface area contributed by atoms with E-state index in [-0.39, 0.29) is 11.9 Å². The first-order valence-electron chi connectivity index (χ1n) is 6.93. The number of nitrogen functional groups attached to an aromatic ring is 1. The Labute approximate surface area is 124 Å². The van der Waals surface area contributed by atoms with E-state index in [2.05, 4.69) is 23.9 Å². The second-order valence-corrected chi connectivity index (χ2v) is 5.66. The first-order valence-corrected chi connectivity index (χ1v) is 7.31. The highest BCUT2D eigenvalue weighted by atomic mass is 35.5. The third-order valence-corrected chi connectivity index (χ3v) is 3.97. The summed E-state index contributed by atoms with van der Waals surface area (Å²) in [6.45, 7) is 4.75. The van der Waals surface area contributed by atoms with Crippen molar-refractivity contribution in [1.82, 2.24) is 14.8 Å². The Morgan fingerprint density at radius 2 is 2.30 bits per heavy atom. The molecule has 0 radical (unpaired) electrons. The largest absolute Gasteiger partial charge is 0.397 e. The van der Waals surface area contributed by atoms with Crippen LogP contribution in [-0.4, -0.2) is 53.4 Å². The summed E-state index contributed by atoms with van der Waals surface area (Å²) in [5.74, 6) is -0.0473. The van der Waals surface area contributed by atoms with E-state index in [1.807, 2.05) is 4.90 Å². The van der Waals surface area contributed by atoms with Crippen LogP contribution >= 0.6 is 11.6 Å². The summed E-state index contributed by atoms with van der Waals surface area (Å²) in [6, 6.07) is 1.77. The van der Waals surface area contributed by atoms with Crippen molar-refractivity contribution < 1.29 is 4.79 Å². The van der Waals surface area contributed by atoms with E-state index < -0.39 is 0 Å². The molecule has 6 heteroatoms. The van der Waals surface area contributed by atoms with Gasteiger partial charge in [0.1, 0.15) is 5.15 Å². The number of carbonyl (C=O) groups excluding carboxylic acids is 1. The number of amides is 1. The highest BCUT2D eigenvalue weighted by Gasteiger charge is 2.28.